The normalized spacial score (nSPS) is 43.2. The Morgan fingerprint density at radius 2 is 1.51 bits per heavy atom. The Morgan fingerprint density at radius 1 is 0.857 bits per heavy atom. The lowest BCUT2D eigenvalue weighted by atomic mass is 9.44. The number of hydrogen-bond donors (Lipinski definition) is 0. The fraction of sp³-hybridized carbons (Fsp3) is 0.871. The lowest BCUT2D eigenvalue weighted by Gasteiger charge is -2.62. The molecule has 0 saturated heterocycles. The molecule has 0 bridgehead atoms. The molecule has 0 spiro atoms. The third-order valence-electron chi connectivity index (χ3n) is 11.0. The Labute approximate surface area is 214 Å². The van der Waals surface area contributed by atoms with Gasteiger partial charge in [0.1, 0.15) is 12.2 Å². The van der Waals surface area contributed by atoms with Crippen LogP contribution in [0.25, 0.3) is 0 Å². The van der Waals surface area contributed by atoms with E-state index in [1.165, 1.54) is 45.4 Å². The van der Waals surface area contributed by atoms with Gasteiger partial charge in [-0.15, -0.1) is 0 Å². The summed E-state index contributed by atoms with van der Waals surface area (Å²) in [6.07, 6.45) is 13.9. The number of ether oxygens (including phenoxy) is 2. The minimum atomic E-state index is -0.196. The van der Waals surface area contributed by atoms with Gasteiger partial charge in [0, 0.05) is 19.8 Å². The summed E-state index contributed by atoms with van der Waals surface area (Å²) in [4.78, 5) is 23.8. The number of rotatable bonds is 6. The van der Waals surface area contributed by atoms with Crippen molar-refractivity contribution in [2.24, 2.45) is 46.3 Å². The smallest absolute Gasteiger partial charge is 0.302 e. The third-order valence-corrected chi connectivity index (χ3v) is 11.0. The highest BCUT2D eigenvalue weighted by molar-refractivity contribution is 5.66. The van der Waals surface area contributed by atoms with Gasteiger partial charge in [-0.25, -0.2) is 0 Å². The number of esters is 2. The van der Waals surface area contributed by atoms with Gasteiger partial charge in [0.25, 0.3) is 0 Å². The molecule has 9 atom stereocenters. The van der Waals surface area contributed by atoms with Crippen LogP contribution in [-0.4, -0.2) is 24.1 Å². The first-order valence-corrected chi connectivity index (χ1v) is 14.5. The standard InChI is InChI=1S/C31H50O4/c1-19(2)9-8-10-20(3)25-11-12-26-24-18-29(35-22(5)33)28-17-23(34-21(4)32)13-15-31(28,7)27(24)14-16-30(25,26)6/h10,19,23-29H,8-9,11-18H2,1-7H3/b20-10+. The molecule has 198 valence electrons. The quantitative estimate of drug-likeness (QED) is 0.288. The molecule has 4 nitrogen and oxygen atoms in total. The summed E-state index contributed by atoms with van der Waals surface area (Å²) in [5.41, 5.74) is 2.13. The van der Waals surface area contributed by atoms with E-state index < -0.39 is 0 Å². The largest absolute Gasteiger partial charge is 0.463 e. The number of carbonyl (C=O) groups is 2. The maximum atomic E-state index is 12.2. The number of allylic oxidation sites excluding steroid dienone is 2. The van der Waals surface area contributed by atoms with Crippen LogP contribution in [0.5, 0.6) is 0 Å². The SMILES string of the molecule is CC(=O)OC1CCC2(C)C(C1)C(OC(C)=O)CC1C3CCC(/C(C)=C/CCC(C)C)C3(C)CCC12. The number of hydrogen-bond acceptors (Lipinski definition) is 4. The zero-order chi connectivity index (χ0) is 25.5. The summed E-state index contributed by atoms with van der Waals surface area (Å²) in [5, 5.41) is 0. The van der Waals surface area contributed by atoms with Crippen molar-refractivity contribution >= 4 is 11.9 Å². The predicted octanol–water partition coefficient (Wildman–Crippen LogP) is 7.50. The molecule has 35 heavy (non-hydrogen) atoms. The molecule has 0 aromatic carbocycles. The molecule has 0 aromatic rings. The van der Waals surface area contributed by atoms with Crippen LogP contribution < -0.4 is 0 Å². The highest BCUT2D eigenvalue weighted by Gasteiger charge is 2.63. The van der Waals surface area contributed by atoms with E-state index in [1.807, 2.05) is 0 Å². The zero-order valence-electron chi connectivity index (χ0n) is 23.4. The summed E-state index contributed by atoms with van der Waals surface area (Å²) in [7, 11) is 0. The predicted molar refractivity (Wildman–Crippen MR) is 140 cm³/mol. The minimum absolute atomic E-state index is 0.0384. The molecule has 0 amide bonds. The Balaban J connectivity index is 1.57. The van der Waals surface area contributed by atoms with Crippen LogP contribution in [-0.2, 0) is 19.1 Å². The van der Waals surface area contributed by atoms with Crippen molar-refractivity contribution in [1.29, 1.82) is 0 Å². The van der Waals surface area contributed by atoms with Crippen molar-refractivity contribution in [1.82, 2.24) is 0 Å². The van der Waals surface area contributed by atoms with Crippen LogP contribution in [0.15, 0.2) is 11.6 Å². The van der Waals surface area contributed by atoms with Gasteiger partial charge in [0.05, 0.1) is 0 Å². The average Bonchev–Trinajstić information content (AvgIpc) is 3.11. The van der Waals surface area contributed by atoms with Gasteiger partial charge >= 0.3 is 11.9 Å². The minimum Gasteiger partial charge on any atom is -0.463 e. The van der Waals surface area contributed by atoms with Gasteiger partial charge < -0.3 is 9.47 Å². The summed E-state index contributed by atoms with van der Waals surface area (Å²) >= 11 is 0. The second kappa shape index (κ2) is 10.2. The van der Waals surface area contributed by atoms with E-state index in [0.29, 0.717) is 29.1 Å². The highest BCUT2D eigenvalue weighted by Crippen LogP contribution is 2.68. The molecular weight excluding hydrogens is 436 g/mol. The molecule has 0 aliphatic heterocycles. The molecule has 4 heteroatoms. The molecule has 9 unspecified atom stereocenters. The first-order chi connectivity index (χ1) is 16.5. The van der Waals surface area contributed by atoms with Crippen molar-refractivity contribution in [2.75, 3.05) is 0 Å². The van der Waals surface area contributed by atoms with Gasteiger partial charge in [0.2, 0.25) is 0 Å². The fourth-order valence-electron chi connectivity index (χ4n) is 9.45. The fourth-order valence-corrected chi connectivity index (χ4v) is 9.45. The van der Waals surface area contributed by atoms with E-state index in [9.17, 15) is 9.59 Å². The van der Waals surface area contributed by atoms with Gasteiger partial charge in [0.15, 0.2) is 0 Å². The molecule has 0 heterocycles. The van der Waals surface area contributed by atoms with E-state index in [0.717, 1.165) is 31.6 Å². The van der Waals surface area contributed by atoms with Crippen molar-refractivity contribution in [3.05, 3.63) is 11.6 Å². The van der Waals surface area contributed by atoms with E-state index in [4.69, 9.17) is 9.47 Å². The molecule has 0 aromatic heterocycles. The topological polar surface area (TPSA) is 52.6 Å². The summed E-state index contributed by atoms with van der Waals surface area (Å²) in [5.74, 6) is 3.38. The maximum Gasteiger partial charge on any atom is 0.302 e. The molecule has 4 aliphatic carbocycles. The molecule has 0 radical (unpaired) electrons. The van der Waals surface area contributed by atoms with E-state index in [2.05, 4.69) is 40.7 Å². The zero-order valence-corrected chi connectivity index (χ0v) is 23.4. The van der Waals surface area contributed by atoms with Crippen molar-refractivity contribution < 1.29 is 19.1 Å². The lowest BCUT2D eigenvalue weighted by molar-refractivity contribution is -0.196. The van der Waals surface area contributed by atoms with Gasteiger partial charge in [-0.2, -0.15) is 0 Å². The second-order valence-corrected chi connectivity index (χ2v) is 13.5. The van der Waals surface area contributed by atoms with Crippen LogP contribution >= 0.6 is 0 Å². The lowest BCUT2D eigenvalue weighted by Crippen LogP contribution is -2.59. The molecule has 4 fully saturated rings. The monoisotopic (exact) mass is 486 g/mol. The molecular formula is C31H50O4. The first kappa shape index (κ1) is 26.7. The van der Waals surface area contributed by atoms with Crippen molar-refractivity contribution in [2.45, 2.75) is 125 Å². The Hall–Kier alpha value is -1.32. The van der Waals surface area contributed by atoms with Crippen molar-refractivity contribution in [3.8, 4) is 0 Å². The Bertz CT molecular complexity index is 830. The van der Waals surface area contributed by atoms with Crippen LogP contribution in [0.3, 0.4) is 0 Å². The van der Waals surface area contributed by atoms with E-state index in [-0.39, 0.29) is 35.5 Å². The average molecular weight is 487 g/mol. The number of fused-ring (bicyclic) bond motifs is 5. The Kier molecular flexibility index (Phi) is 7.80. The van der Waals surface area contributed by atoms with Gasteiger partial charge in [-0.3, -0.25) is 9.59 Å². The first-order valence-electron chi connectivity index (χ1n) is 14.5. The summed E-state index contributed by atoms with van der Waals surface area (Å²) < 4.78 is 11.7. The third kappa shape index (κ3) is 5.10. The summed E-state index contributed by atoms with van der Waals surface area (Å²) in [6.45, 7) is 15.1. The van der Waals surface area contributed by atoms with Crippen LogP contribution in [0, 0.1) is 46.3 Å². The van der Waals surface area contributed by atoms with Crippen LogP contribution in [0.1, 0.15) is 113 Å². The van der Waals surface area contributed by atoms with Crippen molar-refractivity contribution in [3.63, 3.8) is 0 Å². The van der Waals surface area contributed by atoms with Crippen LogP contribution in [0.4, 0.5) is 0 Å². The van der Waals surface area contributed by atoms with E-state index >= 15 is 0 Å². The molecule has 4 saturated carbocycles. The second-order valence-electron chi connectivity index (χ2n) is 13.5. The molecule has 4 aliphatic rings. The Morgan fingerprint density at radius 3 is 2.17 bits per heavy atom. The maximum absolute atomic E-state index is 12.2. The molecule has 0 N–H and O–H groups in total. The molecule has 4 rings (SSSR count). The number of carbonyl (C=O) groups excluding carboxylic acids is 2. The van der Waals surface area contributed by atoms with Crippen LogP contribution in [0.2, 0.25) is 0 Å². The van der Waals surface area contributed by atoms with Gasteiger partial charge in [-0.1, -0.05) is 39.3 Å². The van der Waals surface area contributed by atoms with Gasteiger partial charge in [-0.05, 0) is 112 Å². The van der Waals surface area contributed by atoms with E-state index in [1.54, 1.807) is 12.5 Å². The highest BCUT2D eigenvalue weighted by atomic mass is 16.5. The summed E-state index contributed by atoms with van der Waals surface area (Å²) in [6, 6.07) is 0.